The van der Waals surface area contributed by atoms with E-state index in [2.05, 4.69) is 6.92 Å². The Morgan fingerprint density at radius 3 is 2.82 bits per heavy atom. The second kappa shape index (κ2) is 10.4. The summed E-state index contributed by atoms with van der Waals surface area (Å²) in [5.74, 6) is 0.725. The normalized spacial score (nSPS) is 26.5. The smallest absolute Gasteiger partial charge is 0.157 e. The largest absolute Gasteiger partial charge is 0.396 e. The van der Waals surface area contributed by atoms with E-state index in [0.29, 0.717) is 6.61 Å². The number of rotatable bonds is 9. The van der Waals surface area contributed by atoms with Crippen molar-refractivity contribution in [3.05, 3.63) is 11.1 Å². The van der Waals surface area contributed by atoms with Gasteiger partial charge in [-0.2, -0.15) is 0 Å². The summed E-state index contributed by atoms with van der Waals surface area (Å²) >= 11 is 0. The summed E-state index contributed by atoms with van der Waals surface area (Å²) in [5, 5.41) is 9.02. The highest BCUT2D eigenvalue weighted by molar-refractivity contribution is 5.18. The molecular weight excluding hydrogens is 276 g/mol. The van der Waals surface area contributed by atoms with Crippen molar-refractivity contribution in [1.82, 2.24) is 0 Å². The lowest BCUT2D eigenvalue weighted by Crippen LogP contribution is -2.22. The van der Waals surface area contributed by atoms with E-state index in [0.717, 1.165) is 44.8 Å². The summed E-state index contributed by atoms with van der Waals surface area (Å²) < 4.78 is 11.4. The zero-order chi connectivity index (χ0) is 15.6. The first-order valence-electron chi connectivity index (χ1n) is 9.34. The maximum Gasteiger partial charge on any atom is 0.157 e. The van der Waals surface area contributed by atoms with Crippen LogP contribution in [0.2, 0.25) is 0 Å². The summed E-state index contributed by atoms with van der Waals surface area (Å²) in [6.07, 6.45) is 13.2. The first-order valence-corrected chi connectivity index (χ1v) is 9.34. The minimum Gasteiger partial charge on any atom is -0.396 e. The molecule has 128 valence electrons. The molecule has 1 heterocycles. The second-order valence-electron chi connectivity index (χ2n) is 6.87. The van der Waals surface area contributed by atoms with Crippen LogP contribution in [0.25, 0.3) is 0 Å². The van der Waals surface area contributed by atoms with E-state index in [1.165, 1.54) is 44.9 Å². The highest BCUT2D eigenvalue weighted by Crippen LogP contribution is 2.35. The van der Waals surface area contributed by atoms with Gasteiger partial charge in [0, 0.05) is 19.8 Å². The average molecular weight is 310 g/mol. The standard InChI is InChI=1S/C19H34O3/c1-16-17(9-6-10-18(16)11-7-13-20)8-2-4-14-21-19-12-3-5-15-22-19/h18-20H,2-15H2,1H3/t18-,19-/m0/s1. The lowest BCUT2D eigenvalue weighted by Gasteiger charge is -2.27. The van der Waals surface area contributed by atoms with Crippen molar-refractivity contribution in [2.24, 2.45) is 5.92 Å². The number of ether oxygens (including phenoxy) is 2. The topological polar surface area (TPSA) is 38.7 Å². The molecule has 2 rings (SSSR count). The average Bonchev–Trinajstić information content (AvgIpc) is 2.56. The molecule has 0 aromatic heterocycles. The van der Waals surface area contributed by atoms with E-state index in [1.54, 1.807) is 11.1 Å². The van der Waals surface area contributed by atoms with Gasteiger partial charge in [0.25, 0.3) is 0 Å². The van der Waals surface area contributed by atoms with Crippen LogP contribution in [0.4, 0.5) is 0 Å². The predicted octanol–water partition coefficient (Wildman–Crippen LogP) is 4.59. The first-order chi connectivity index (χ1) is 10.8. The summed E-state index contributed by atoms with van der Waals surface area (Å²) in [6, 6.07) is 0. The molecule has 3 nitrogen and oxygen atoms in total. The van der Waals surface area contributed by atoms with Gasteiger partial charge in [-0.05, 0) is 83.5 Å². The van der Waals surface area contributed by atoms with Crippen molar-refractivity contribution in [3.63, 3.8) is 0 Å². The van der Waals surface area contributed by atoms with Crippen LogP contribution >= 0.6 is 0 Å². The van der Waals surface area contributed by atoms with Crippen LogP contribution in [0, 0.1) is 5.92 Å². The molecule has 0 amide bonds. The number of hydrogen-bond donors (Lipinski definition) is 1. The molecule has 1 fully saturated rings. The van der Waals surface area contributed by atoms with Gasteiger partial charge in [-0.3, -0.25) is 0 Å². The van der Waals surface area contributed by atoms with Crippen molar-refractivity contribution in [2.45, 2.75) is 83.8 Å². The minimum atomic E-state index is 0.0623. The molecule has 0 saturated carbocycles. The Morgan fingerprint density at radius 1 is 1.14 bits per heavy atom. The van der Waals surface area contributed by atoms with Crippen LogP contribution in [0.15, 0.2) is 11.1 Å². The van der Waals surface area contributed by atoms with Gasteiger partial charge in [0.2, 0.25) is 0 Å². The predicted molar refractivity (Wildman–Crippen MR) is 89.8 cm³/mol. The summed E-state index contributed by atoms with van der Waals surface area (Å²) in [5.41, 5.74) is 3.30. The van der Waals surface area contributed by atoms with Crippen LogP contribution < -0.4 is 0 Å². The van der Waals surface area contributed by atoms with Crippen LogP contribution in [0.5, 0.6) is 0 Å². The van der Waals surface area contributed by atoms with Crippen molar-refractivity contribution >= 4 is 0 Å². The molecule has 0 unspecified atom stereocenters. The van der Waals surface area contributed by atoms with E-state index >= 15 is 0 Å². The third-order valence-electron chi connectivity index (χ3n) is 5.23. The van der Waals surface area contributed by atoms with Crippen LogP contribution in [-0.4, -0.2) is 31.2 Å². The first kappa shape index (κ1) is 18.0. The molecule has 3 heteroatoms. The van der Waals surface area contributed by atoms with Crippen LogP contribution in [0.3, 0.4) is 0 Å². The number of aliphatic hydroxyl groups is 1. The maximum absolute atomic E-state index is 9.02. The van der Waals surface area contributed by atoms with E-state index in [9.17, 15) is 0 Å². The van der Waals surface area contributed by atoms with Gasteiger partial charge in [-0.15, -0.1) is 0 Å². The number of unbranched alkanes of at least 4 members (excludes halogenated alkanes) is 1. The van der Waals surface area contributed by atoms with Gasteiger partial charge >= 0.3 is 0 Å². The molecule has 0 bridgehead atoms. The Kier molecular flexibility index (Phi) is 8.50. The van der Waals surface area contributed by atoms with Crippen molar-refractivity contribution in [3.8, 4) is 0 Å². The highest BCUT2D eigenvalue weighted by atomic mass is 16.7. The molecule has 1 N–H and O–H groups in total. The maximum atomic E-state index is 9.02. The van der Waals surface area contributed by atoms with Crippen molar-refractivity contribution in [2.75, 3.05) is 19.8 Å². The third-order valence-corrected chi connectivity index (χ3v) is 5.23. The molecule has 1 saturated heterocycles. The Hall–Kier alpha value is -0.380. The van der Waals surface area contributed by atoms with E-state index in [1.807, 2.05) is 0 Å². The quantitative estimate of drug-likeness (QED) is 0.500. The molecule has 1 aliphatic carbocycles. The molecule has 1 aliphatic heterocycles. The summed E-state index contributed by atoms with van der Waals surface area (Å²) in [6.45, 7) is 4.36. The van der Waals surface area contributed by atoms with E-state index in [4.69, 9.17) is 14.6 Å². The number of allylic oxidation sites excluding steroid dienone is 2. The highest BCUT2D eigenvalue weighted by Gasteiger charge is 2.19. The van der Waals surface area contributed by atoms with Gasteiger partial charge in [0.15, 0.2) is 6.29 Å². The zero-order valence-corrected chi connectivity index (χ0v) is 14.3. The molecular formula is C19H34O3. The molecule has 0 aromatic rings. The van der Waals surface area contributed by atoms with Crippen LogP contribution in [-0.2, 0) is 9.47 Å². The monoisotopic (exact) mass is 310 g/mol. The Morgan fingerprint density at radius 2 is 2.05 bits per heavy atom. The third kappa shape index (κ3) is 6.02. The lowest BCUT2D eigenvalue weighted by molar-refractivity contribution is -0.162. The molecule has 0 spiro atoms. The van der Waals surface area contributed by atoms with Crippen molar-refractivity contribution in [1.29, 1.82) is 0 Å². The lowest BCUT2D eigenvalue weighted by atomic mass is 9.79. The molecule has 0 aromatic carbocycles. The molecule has 2 atom stereocenters. The van der Waals surface area contributed by atoms with Gasteiger partial charge in [0.1, 0.15) is 0 Å². The number of hydrogen-bond acceptors (Lipinski definition) is 3. The second-order valence-corrected chi connectivity index (χ2v) is 6.87. The van der Waals surface area contributed by atoms with E-state index in [-0.39, 0.29) is 6.29 Å². The fourth-order valence-corrected chi connectivity index (χ4v) is 3.78. The van der Waals surface area contributed by atoms with Gasteiger partial charge in [-0.25, -0.2) is 0 Å². The van der Waals surface area contributed by atoms with Gasteiger partial charge in [0.05, 0.1) is 0 Å². The van der Waals surface area contributed by atoms with Crippen molar-refractivity contribution < 1.29 is 14.6 Å². The van der Waals surface area contributed by atoms with Gasteiger partial charge in [-0.1, -0.05) is 11.1 Å². The van der Waals surface area contributed by atoms with E-state index < -0.39 is 0 Å². The Balaban J connectivity index is 1.62. The molecule has 22 heavy (non-hydrogen) atoms. The Labute approximate surface area is 136 Å². The fraction of sp³-hybridized carbons (Fsp3) is 0.895. The zero-order valence-electron chi connectivity index (χ0n) is 14.3. The summed E-state index contributed by atoms with van der Waals surface area (Å²) in [7, 11) is 0. The molecule has 2 aliphatic rings. The van der Waals surface area contributed by atoms with Gasteiger partial charge < -0.3 is 14.6 Å². The molecule has 0 radical (unpaired) electrons. The minimum absolute atomic E-state index is 0.0623. The fourth-order valence-electron chi connectivity index (χ4n) is 3.78. The van der Waals surface area contributed by atoms with Crippen LogP contribution in [0.1, 0.15) is 77.6 Å². The Bertz CT molecular complexity index is 332. The summed E-state index contributed by atoms with van der Waals surface area (Å²) in [4.78, 5) is 0. The SMILES string of the molecule is CC1=C(CCCCO[C@@H]2CCCCO2)CCC[C@H]1CCCO. The number of aliphatic hydroxyl groups excluding tert-OH is 1.